The molecule has 5 aromatic rings. The van der Waals surface area contributed by atoms with Crippen LogP contribution in [0.25, 0.3) is 16.5 Å². The van der Waals surface area contributed by atoms with Crippen LogP contribution in [0, 0.1) is 0 Å². The van der Waals surface area contributed by atoms with Crippen LogP contribution in [0.1, 0.15) is 50.7 Å². The van der Waals surface area contributed by atoms with Gasteiger partial charge in [0.2, 0.25) is 11.2 Å². The number of benzene rings is 4. The molecule has 0 bridgehead atoms. The van der Waals surface area contributed by atoms with Gasteiger partial charge >= 0.3 is 5.97 Å². The lowest BCUT2D eigenvalue weighted by Crippen LogP contribution is -2.37. The molecule has 1 aliphatic heterocycles. The van der Waals surface area contributed by atoms with Gasteiger partial charge in [0, 0.05) is 48.8 Å². The Morgan fingerprint density at radius 1 is 0.917 bits per heavy atom. The first kappa shape index (κ1) is 32.4. The summed E-state index contributed by atoms with van der Waals surface area (Å²) in [6.07, 6.45) is 1.65. The standard InChI is InChI=1S/C38H35N3O7/c42-32-15-13-30(31-14-16-34(44)40-35(31)32)33(43)23-39-22-24-9-11-26(12-10-24)36(45)41-19-17-25(18-20-41)27-5-4-8-29(21-27)38(48,37(46)47)28-6-2-1-3-7-28/h1-17,21,33,39,42-43,48H,18-20,22-23H2,(H,40,44)(H,46,47)/t33-,38-/m0/s1. The molecule has 0 radical (unpaired) electrons. The number of amides is 1. The number of hydrogen-bond acceptors (Lipinski definition) is 7. The van der Waals surface area contributed by atoms with Gasteiger partial charge in [-0.3, -0.25) is 9.59 Å². The lowest BCUT2D eigenvalue weighted by atomic mass is 9.84. The van der Waals surface area contributed by atoms with Crippen LogP contribution in [0.2, 0.25) is 0 Å². The number of aromatic hydroxyl groups is 1. The summed E-state index contributed by atoms with van der Waals surface area (Å²) in [7, 11) is 0. The minimum absolute atomic E-state index is 0.0669. The Hall–Kier alpha value is -5.55. The summed E-state index contributed by atoms with van der Waals surface area (Å²) in [5.41, 5.74) is 2.09. The minimum atomic E-state index is -2.19. The Bertz CT molecular complexity index is 2060. The summed E-state index contributed by atoms with van der Waals surface area (Å²) in [6.45, 7) is 1.56. The first-order valence-corrected chi connectivity index (χ1v) is 15.6. The average molecular weight is 646 g/mol. The Morgan fingerprint density at radius 2 is 1.67 bits per heavy atom. The predicted molar refractivity (Wildman–Crippen MR) is 181 cm³/mol. The minimum Gasteiger partial charge on any atom is -0.506 e. The molecule has 6 N–H and O–H groups in total. The molecule has 4 aromatic carbocycles. The summed E-state index contributed by atoms with van der Waals surface area (Å²) in [6, 6.07) is 28.5. The smallest absolute Gasteiger partial charge is 0.345 e. The Labute approximate surface area is 276 Å². The van der Waals surface area contributed by atoms with Crippen molar-refractivity contribution in [3.05, 3.63) is 153 Å². The number of phenols is 1. The highest BCUT2D eigenvalue weighted by Gasteiger charge is 2.40. The number of carboxylic acids is 1. The quantitative estimate of drug-likeness (QED) is 0.131. The van der Waals surface area contributed by atoms with Crippen LogP contribution in [0.5, 0.6) is 5.75 Å². The van der Waals surface area contributed by atoms with E-state index in [1.165, 1.54) is 12.1 Å². The normalized spacial score (nSPS) is 15.0. The number of aliphatic carboxylic acids is 1. The molecule has 0 fully saturated rings. The van der Waals surface area contributed by atoms with Crippen LogP contribution in [-0.4, -0.2) is 61.8 Å². The number of nitrogens with zero attached hydrogens (tertiary/aromatic N) is 1. The Kier molecular flexibility index (Phi) is 9.22. The molecule has 10 heteroatoms. The second-order valence-corrected chi connectivity index (χ2v) is 11.8. The lowest BCUT2D eigenvalue weighted by Gasteiger charge is -2.28. The van der Waals surface area contributed by atoms with Gasteiger partial charge in [-0.2, -0.15) is 0 Å². The second-order valence-electron chi connectivity index (χ2n) is 11.8. The van der Waals surface area contributed by atoms with E-state index in [1.54, 1.807) is 77.7 Å². The Balaban J connectivity index is 1.06. The van der Waals surface area contributed by atoms with Crippen molar-refractivity contribution in [2.45, 2.75) is 24.7 Å². The number of aromatic nitrogens is 1. The monoisotopic (exact) mass is 645 g/mol. The van der Waals surface area contributed by atoms with Crippen molar-refractivity contribution in [3.63, 3.8) is 0 Å². The van der Waals surface area contributed by atoms with Gasteiger partial charge in [0.15, 0.2) is 0 Å². The van der Waals surface area contributed by atoms with Crippen LogP contribution >= 0.6 is 0 Å². The summed E-state index contributed by atoms with van der Waals surface area (Å²) in [5, 5.41) is 45.9. The van der Waals surface area contributed by atoms with E-state index in [9.17, 15) is 34.8 Å². The maximum Gasteiger partial charge on any atom is 0.345 e. The fourth-order valence-corrected chi connectivity index (χ4v) is 6.11. The zero-order valence-electron chi connectivity index (χ0n) is 26.0. The van der Waals surface area contributed by atoms with E-state index < -0.39 is 17.7 Å². The fraction of sp³-hybridized carbons (Fsp3) is 0.184. The van der Waals surface area contributed by atoms with E-state index in [1.807, 2.05) is 24.3 Å². The lowest BCUT2D eigenvalue weighted by molar-refractivity contribution is -0.155. The van der Waals surface area contributed by atoms with Crippen LogP contribution in [0.3, 0.4) is 0 Å². The predicted octanol–water partition coefficient (Wildman–Crippen LogP) is 4.31. The van der Waals surface area contributed by atoms with Gasteiger partial charge in [0.25, 0.3) is 5.91 Å². The number of aromatic amines is 1. The molecule has 0 unspecified atom stereocenters. The zero-order chi connectivity index (χ0) is 33.8. The molecule has 1 aliphatic rings. The second kappa shape index (κ2) is 13.7. The number of pyridine rings is 1. The maximum absolute atomic E-state index is 13.3. The highest BCUT2D eigenvalue weighted by Crippen LogP contribution is 2.33. The highest BCUT2D eigenvalue weighted by molar-refractivity contribution is 5.95. The highest BCUT2D eigenvalue weighted by atomic mass is 16.4. The molecule has 10 nitrogen and oxygen atoms in total. The zero-order valence-corrected chi connectivity index (χ0v) is 26.0. The fourth-order valence-electron chi connectivity index (χ4n) is 6.11. The van der Waals surface area contributed by atoms with Gasteiger partial charge in [-0.05, 0) is 64.6 Å². The summed E-state index contributed by atoms with van der Waals surface area (Å²) < 4.78 is 0. The van der Waals surface area contributed by atoms with Gasteiger partial charge in [0.05, 0.1) is 11.6 Å². The number of phenolic OH excluding ortho intramolecular Hbond substituents is 1. The van der Waals surface area contributed by atoms with Gasteiger partial charge in [0.1, 0.15) is 5.75 Å². The number of aliphatic hydroxyl groups is 2. The van der Waals surface area contributed by atoms with Crippen LogP contribution in [-0.2, 0) is 16.9 Å². The molecule has 6 rings (SSSR count). The SMILES string of the molecule is O=C(c1ccc(CNC[C@H](O)c2ccc(O)c3[nH]c(=O)ccc23)cc1)N1CC=C(c2cccc([C@](O)(C(=O)O)c3ccccc3)c2)CC1. The van der Waals surface area contributed by atoms with Crippen molar-refractivity contribution in [3.8, 4) is 5.75 Å². The summed E-state index contributed by atoms with van der Waals surface area (Å²) in [4.78, 5) is 41.6. The van der Waals surface area contributed by atoms with Crippen molar-refractivity contribution in [1.29, 1.82) is 0 Å². The Morgan fingerprint density at radius 3 is 2.38 bits per heavy atom. The van der Waals surface area contributed by atoms with Crippen LogP contribution in [0.4, 0.5) is 0 Å². The van der Waals surface area contributed by atoms with Crippen LogP contribution in [0.15, 0.2) is 114 Å². The van der Waals surface area contributed by atoms with Gasteiger partial charge in [-0.15, -0.1) is 0 Å². The molecule has 0 aliphatic carbocycles. The van der Waals surface area contributed by atoms with Crippen molar-refractivity contribution in [2.24, 2.45) is 0 Å². The van der Waals surface area contributed by atoms with Crippen molar-refractivity contribution >= 4 is 28.4 Å². The molecular formula is C38H35N3O7. The van der Waals surface area contributed by atoms with E-state index >= 15 is 0 Å². The molecule has 2 heterocycles. The van der Waals surface area contributed by atoms with Crippen molar-refractivity contribution in [2.75, 3.05) is 19.6 Å². The number of carboxylic acid groups (broad SMARTS) is 1. The number of aliphatic hydroxyl groups excluding tert-OH is 1. The number of hydrogen-bond donors (Lipinski definition) is 6. The molecule has 2 atom stereocenters. The van der Waals surface area contributed by atoms with Crippen molar-refractivity contribution in [1.82, 2.24) is 15.2 Å². The maximum atomic E-state index is 13.3. The van der Waals surface area contributed by atoms with E-state index in [0.29, 0.717) is 42.6 Å². The molecule has 0 saturated carbocycles. The van der Waals surface area contributed by atoms with Gasteiger partial charge in [-0.1, -0.05) is 72.8 Å². The van der Waals surface area contributed by atoms with Gasteiger partial charge < -0.3 is 35.6 Å². The molecule has 244 valence electrons. The first-order chi connectivity index (χ1) is 23.1. The number of fused-ring (bicyclic) bond motifs is 1. The van der Waals surface area contributed by atoms with Crippen molar-refractivity contribution < 1.29 is 30.0 Å². The van der Waals surface area contributed by atoms with E-state index in [4.69, 9.17) is 0 Å². The number of H-pyrrole nitrogens is 1. The average Bonchev–Trinajstić information content (AvgIpc) is 3.12. The van der Waals surface area contributed by atoms with E-state index in [2.05, 4.69) is 10.3 Å². The molecule has 1 amide bonds. The number of nitrogens with one attached hydrogen (secondary N) is 2. The third-order valence-corrected chi connectivity index (χ3v) is 8.78. The first-order valence-electron chi connectivity index (χ1n) is 15.6. The van der Waals surface area contributed by atoms with E-state index in [0.717, 1.165) is 16.7 Å². The number of carbonyl (C=O) groups excluding carboxylic acids is 1. The van der Waals surface area contributed by atoms with E-state index in [-0.39, 0.29) is 40.4 Å². The molecular weight excluding hydrogens is 610 g/mol. The molecule has 0 saturated heterocycles. The number of carbonyl (C=O) groups is 2. The number of rotatable bonds is 10. The topological polar surface area (TPSA) is 163 Å². The summed E-state index contributed by atoms with van der Waals surface area (Å²) in [5.74, 6) is -1.53. The molecule has 0 spiro atoms. The van der Waals surface area contributed by atoms with Gasteiger partial charge in [-0.25, -0.2) is 4.79 Å². The third-order valence-electron chi connectivity index (χ3n) is 8.78. The molecule has 48 heavy (non-hydrogen) atoms. The molecule has 1 aromatic heterocycles. The largest absolute Gasteiger partial charge is 0.506 e. The van der Waals surface area contributed by atoms with Crippen LogP contribution < -0.4 is 10.9 Å². The third kappa shape index (κ3) is 6.50. The summed E-state index contributed by atoms with van der Waals surface area (Å²) >= 11 is 0.